The Hall–Kier alpha value is -0.820. The summed E-state index contributed by atoms with van der Waals surface area (Å²) in [5, 5.41) is 0. The Balaban J connectivity index is 1.93. The van der Waals surface area contributed by atoms with E-state index in [0.717, 1.165) is 6.61 Å². The summed E-state index contributed by atoms with van der Waals surface area (Å²) in [5.41, 5.74) is 2.80. The predicted molar refractivity (Wildman–Crippen MR) is 72.2 cm³/mol. The summed E-state index contributed by atoms with van der Waals surface area (Å²) in [7, 11) is 0. The van der Waals surface area contributed by atoms with E-state index in [2.05, 4.69) is 38.1 Å². The minimum Gasteiger partial charge on any atom is -0.374 e. The molecule has 0 bridgehead atoms. The lowest BCUT2D eigenvalue weighted by Gasteiger charge is -2.23. The van der Waals surface area contributed by atoms with Gasteiger partial charge in [0.2, 0.25) is 0 Å². The highest BCUT2D eigenvalue weighted by Gasteiger charge is 2.14. The van der Waals surface area contributed by atoms with Crippen molar-refractivity contribution >= 4 is 0 Å². The fourth-order valence-corrected chi connectivity index (χ4v) is 2.67. The zero-order chi connectivity index (χ0) is 12.1. The van der Waals surface area contributed by atoms with Crippen molar-refractivity contribution in [2.45, 2.75) is 64.6 Å². The number of rotatable bonds is 4. The Bertz CT molecular complexity index is 337. The molecule has 0 saturated heterocycles. The van der Waals surface area contributed by atoms with Gasteiger partial charge in [-0.25, -0.2) is 0 Å². The molecular weight excluding hydrogens is 208 g/mol. The molecule has 1 nitrogen and oxygen atoms in total. The quantitative estimate of drug-likeness (QED) is 0.733. The van der Waals surface area contributed by atoms with Crippen LogP contribution in [0, 0.1) is 0 Å². The first-order valence-corrected chi connectivity index (χ1v) is 6.97. The molecule has 1 fully saturated rings. The lowest BCUT2D eigenvalue weighted by molar-refractivity contribution is 0.0165. The monoisotopic (exact) mass is 232 g/mol. The van der Waals surface area contributed by atoms with Gasteiger partial charge in [0.25, 0.3) is 0 Å². The van der Waals surface area contributed by atoms with Crippen LogP contribution in [0.25, 0.3) is 0 Å². The van der Waals surface area contributed by atoms with Crippen LogP contribution in [0.2, 0.25) is 0 Å². The molecule has 0 spiro atoms. The molecule has 1 saturated carbocycles. The van der Waals surface area contributed by atoms with Gasteiger partial charge in [-0.15, -0.1) is 0 Å². The molecule has 1 aromatic carbocycles. The zero-order valence-corrected chi connectivity index (χ0v) is 11.1. The van der Waals surface area contributed by atoms with Gasteiger partial charge in [-0.05, 0) is 29.9 Å². The summed E-state index contributed by atoms with van der Waals surface area (Å²) in [6.07, 6.45) is 7.09. The number of ether oxygens (including phenoxy) is 1. The highest BCUT2D eigenvalue weighted by Crippen LogP contribution is 2.24. The van der Waals surface area contributed by atoms with E-state index < -0.39 is 0 Å². The van der Waals surface area contributed by atoms with E-state index in [4.69, 9.17) is 4.74 Å². The van der Waals surface area contributed by atoms with Crippen LogP contribution in [0.1, 0.15) is 63.0 Å². The largest absolute Gasteiger partial charge is 0.374 e. The number of benzene rings is 1. The molecule has 0 unspecified atom stereocenters. The van der Waals surface area contributed by atoms with E-state index in [9.17, 15) is 0 Å². The molecule has 0 aromatic heterocycles. The maximum atomic E-state index is 6.06. The first kappa shape index (κ1) is 12.6. The second kappa shape index (κ2) is 6.20. The van der Waals surface area contributed by atoms with Gasteiger partial charge in [-0.1, -0.05) is 57.4 Å². The van der Waals surface area contributed by atoms with Crippen molar-refractivity contribution in [3.8, 4) is 0 Å². The van der Waals surface area contributed by atoms with Crippen molar-refractivity contribution in [1.29, 1.82) is 0 Å². The highest BCUT2D eigenvalue weighted by molar-refractivity contribution is 5.29. The molecule has 0 amide bonds. The van der Waals surface area contributed by atoms with Crippen LogP contribution in [0.15, 0.2) is 24.3 Å². The van der Waals surface area contributed by atoms with E-state index in [-0.39, 0.29) is 0 Å². The van der Waals surface area contributed by atoms with E-state index in [1.807, 2.05) is 0 Å². The molecular formula is C16H24O. The molecule has 0 heterocycles. The fraction of sp³-hybridized carbons (Fsp3) is 0.625. The minimum atomic E-state index is 0.504. The van der Waals surface area contributed by atoms with Crippen molar-refractivity contribution in [2.75, 3.05) is 0 Å². The van der Waals surface area contributed by atoms with E-state index in [1.54, 1.807) is 0 Å². The second-order valence-electron chi connectivity index (χ2n) is 5.42. The molecule has 2 rings (SSSR count). The fourth-order valence-electron chi connectivity index (χ4n) is 2.67. The first-order chi connectivity index (χ1) is 8.27. The number of hydrogen-bond donors (Lipinski definition) is 0. The first-order valence-electron chi connectivity index (χ1n) is 6.97. The average Bonchev–Trinajstić information content (AvgIpc) is 2.38. The van der Waals surface area contributed by atoms with Gasteiger partial charge < -0.3 is 4.74 Å². The van der Waals surface area contributed by atoms with Crippen molar-refractivity contribution in [3.05, 3.63) is 35.4 Å². The molecule has 0 atom stereocenters. The summed E-state index contributed by atoms with van der Waals surface area (Å²) in [6.45, 7) is 5.29. The maximum Gasteiger partial charge on any atom is 0.0723 e. The standard InChI is InChI=1S/C16H24O/c1-13(2)16-11-7-6-8-14(16)12-17-15-9-4-3-5-10-15/h6-8,11,13,15H,3-5,9-10,12H2,1-2H3. The summed E-state index contributed by atoms with van der Waals surface area (Å²) in [6, 6.07) is 8.67. The van der Waals surface area contributed by atoms with Crippen LogP contribution in [-0.2, 0) is 11.3 Å². The molecule has 94 valence electrons. The third-order valence-electron chi connectivity index (χ3n) is 3.70. The van der Waals surface area contributed by atoms with Crippen molar-refractivity contribution in [2.24, 2.45) is 0 Å². The Morgan fingerprint density at radius 1 is 1.12 bits per heavy atom. The summed E-state index contributed by atoms with van der Waals surface area (Å²) in [5.74, 6) is 0.584. The highest BCUT2D eigenvalue weighted by atomic mass is 16.5. The second-order valence-corrected chi connectivity index (χ2v) is 5.42. The Morgan fingerprint density at radius 2 is 1.82 bits per heavy atom. The molecule has 0 N–H and O–H groups in total. The molecule has 1 aliphatic rings. The zero-order valence-electron chi connectivity index (χ0n) is 11.1. The van der Waals surface area contributed by atoms with Crippen molar-refractivity contribution < 1.29 is 4.74 Å². The third-order valence-corrected chi connectivity index (χ3v) is 3.70. The van der Waals surface area contributed by atoms with E-state index in [0.29, 0.717) is 12.0 Å². The van der Waals surface area contributed by atoms with Crippen LogP contribution in [0.5, 0.6) is 0 Å². The van der Waals surface area contributed by atoms with Crippen molar-refractivity contribution in [1.82, 2.24) is 0 Å². The summed E-state index contributed by atoms with van der Waals surface area (Å²) < 4.78 is 6.06. The van der Waals surface area contributed by atoms with Crippen LogP contribution in [-0.4, -0.2) is 6.10 Å². The van der Waals surface area contributed by atoms with Crippen molar-refractivity contribution in [3.63, 3.8) is 0 Å². The molecule has 0 radical (unpaired) electrons. The molecule has 1 aliphatic carbocycles. The van der Waals surface area contributed by atoms with Gasteiger partial charge in [0.05, 0.1) is 12.7 Å². The Kier molecular flexibility index (Phi) is 4.61. The minimum absolute atomic E-state index is 0.504. The summed E-state index contributed by atoms with van der Waals surface area (Å²) in [4.78, 5) is 0. The van der Waals surface area contributed by atoms with Gasteiger partial charge >= 0.3 is 0 Å². The van der Waals surface area contributed by atoms with E-state index >= 15 is 0 Å². The van der Waals surface area contributed by atoms with Gasteiger partial charge in [-0.2, -0.15) is 0 Å². The number of hydrogen-bond acceptors (Lipinski definition) is 1. The van der Waals surface area contributed by atoms with Crippen LogP contribution in [0.4, 0.5) is 0 Å². The molecule has 1 aromatic rings. The Labute approximate surface area is 105 Å². The van der Waals surface area contributed by atoms with Crippen LogP contribution >= 0.6 is 0 Å². The lowest BCUT2D eigenvalue weighted by atomic mass is 9.96. The lowest BCUT2D eigenvalue weighted by Crippen LogP contribution is -2.16. The van der Waals surface area contributed by atoms with Gasteiger partial charge in [0, 0.05) is 0 Å². The average molecular weight is 232 g/mol. The maximum absolute atomic E-state index is 6.06. The summed E-state index contributed by atoms with van der Waals surface area (Å²) >= 11 is 0. The smallest absolute Gasteiger partial charge is 0.0723 e. The molecule has 1 heteroatoms. The van der Waals surface area contributed by atoms with E-state index in [1.165, 1.54) is 43.2 Å². The third kappa shape index (κ3) is 3.57. The normalized spacial score (nSPS) is 17.6. The van der Waals surface area contributed by atoms with Gasteiger partial charge in [-0.3, -0.25) is 0 Å². The molecule has 17 heavy (non-hydrogen) atoms. The predicted octanol–water partition coefficient (Wildman–Crippen LogP) is 4.66. The van der Waals surface area contributed by atoms with Crippen LogP contribution < -0.4 is 0 Å². The SMILES string of the molecule is CC(C)c1ccccc1COC1CCCCC1. The topological polar surface area (TPSA) is 9.23 Å². The molecule has 0 aliphatic heterocycles. The Morgan fingerprint density at radius 3 is 2.53 bits per heavy atom. The van der Waals surface area contributed by atoms with Gasteiger partial charge in [0.15, 0.2) is 0 Å². The van der Waals surface area contributed by atoms with Gasteiger partial charge in [0.1, 0.15) is 0 Å². The van der Waals surface area contributed by atoms with Crippen LogP contribution in [0.3, 0.4) is 0 Å².